The van der Waals surface area contributed by atoms with Gasteiger partial charge in [-0.25, -0.2) is 4.98 Å². The van der Waals surface area contributed by atoms with Crippen LogP contribution >= 0.6 is 11.6 Å². The Morgan fingerprint density at radius 1 is 1.20 bits per heavy atom. The van der Waals surface area contributed by atoms with Crippen LogP contribution in [0.4, 0.5) is 5.69 Å². The molecule has 4 rings (SSSR count). The number of hydrogen-bond donors (Lipinski definition) is 1. The summed E-state index contributed by atoms with van der Waals surface area (Å²) in [6.07, 6.45) is 5.48. The molecule has 30 heavy (non-hydrogen) atoms. The number of para-hydroxylation sites is 2. The van der Waals surface area contributed by atoms with Gasteiger partial charge in [0.15, 0.2) is 0 Å². The number of imidazole rings is 1. The van der Waals surface area contributed by atoms with Crippen LogP contribution in [-0.2, 0) is 16.1 Å². The molecule has 7 nitrogen and oxygen atoms in total. The standard InChI is InChI=1S/C22H24ClN5O2/c23-13-21(30)27-11-4-5-16(15-27)22-26-18-7-1-2-8-19(18)28(22)12-9-20(29)25-17-6-3-10-24-14-17/h1-3,6-8,10,14,16H,4-5,9,11-13,15H2,(H,25,29). The number of hydrogen-bond acceptors (Lipinski definition) is 4. The van der Waals surface area contributed by atoms with E-state index in [-0.39, 0.29) is 23.6 Å². The zero-order chi connectivity index (χ0) is 20.9. The van der Waals surface area contributed by atoms with Crippen LogP contribution in [0.25, 0.3) is 11.0 Å². The number of aryl methyl sites for hydroxylation is 1. The lowest BCUT2D eigenvalue weighted by Gasteiger charge is -2.32. The van der Waals surface area contributed by atoms with Crippen molar-refractivity contribution < 1.29 is 9.59 Å². The number of piperidine rings is 1. The third-order valence-electron chi connectivity index (χ3n) is 5.45. The van der Waals surface area contributed by atoms with Gasteiger partial charge in [0.1, 0.15) is 11.7 Å². The Labute approximate surface area is 180 Å². The molecule has 0 aliphatic carbocycles. The topological polar surface area (TPSA) is 80.1 Å². The summed E-state index contributed by atoms with van der Waals surface area (Å²) in [6.45, 7) is 1.86. The molecule has 0 radical (unpaired) electrons. The van der Waals surface area contributed by atoms with Gasteiger partial charge in [0, 0.05) is 38.2 Å². The molecule has 1 aromatic carbocycles. The normalized spacial score (nSPS) is 16.6. The maximum atomic E-state index is 12.5. The van der Waals surface area contributed by atoms with Gasteiger partial charge in [-0.2, -0.15) is 0 Å². The molecule has 1 aliphatic heterocycles. The van der Waals surface area contributed by atoms with E-state index in [1.165, 1.54) is 0 Å². The maximum absolute atomic E-state index is 12.5. The van der Waals surface area contributed by atoms with E-state index in [1.54, 1.807) is 18.5 Å². The number of nitrogens with zero attached hydrogens (tertiary/aromatic N) is 4. The molecule has 0 saturated carbocycles. The average Bonchev–Trinajstić information content (AvgIpc) is 3.16. The minimum absolute atomic E-state index is 0.00233. The molecule has 1 unspecified atom stereocenters. The van der Waals surface area contributed by atoms with Crippen molar-refractivity contribution in [2.45, 2.75) is 31.7 Å². The highest BCUT2D eigenvalue weighted by Gasteiger charge is 2.28. The highest BCUT2D eigenvalue weighted by molar-refractivity contribution is 6.27. The third-order valence-corrected chi connectivity index (χ3v) is 5.67. The first-order valence-corrected chi connectivity index (χ1v) is 10.7. The zero-order valence-corrected chi connectivity index (χ0v) is 17.4. The van der Waals surface area contributed by atoms with E-state index in [2.05, 4.69) is 14.9 Å². The van der Waals surface area contributed by atoms with Gasteiger partial charge in [-0.05, 0) is 37.1 Å². The number of nitrogens with one attached hydrogen (secondary N) is 1. The number of anilines is 1. The van der Waals surface area contributed by atoms with E-state index in [0.29, 0.717) is 25.2 Å². The van der Waals surface area contributed by atoms with Crippen LogP contribution in [0.3, 0.4) is 0 Å². The lowest BCUT2D eigenvalue weighted by Crippen LogP contribution is -2.40. The third kappa shape index (κ3) is 4.46. The first kappa shape index (κ1) is 20.3. The fourth-order valence-corrected chi connectivity index (χ4v) is 4.18. The number of amides is 2. The molecule has 156 valence electrons. The van der Waals surface area contributed by atoms with Gasteiger partial charge >= 0.3 is 0 Å². The van der Waals surface area contributed by atoms with E-state index in [1.807, 2.05) is 35.2 Å². The number of alkyl halides is 1. The Morgan fingerprint density at radius 3 is 2.87 bits per heavy atom. The van der Waals surface area contributed by atoms with Crippen LogP contribution < -0.4 is 5.32 Å². The van der Waals surface area contributed by atoms with Gasteiger partial charge in [-0.3, -0.25) is 14.6 Å². The number of benzene rings is 1. The summed E-state index contributed by atoms with van der Waals surface area (Å²) in [5, 5.41) is 2.88. The second-order valence-corrected chi connectivity index (χ2v) is 7.73. The summed E-state index contributed by atoms with van der Waals surface area (Å²) in [4.78, 5) is 35.3. The fraction of sp³-hybridized carbons (Fsp3) is 0.364. The van der Waals surface area contributed by atoms with Crippen molar-refractivity contribution in [2.24, 2.45) is 0 Å². The minimum atomic E-state index is -0.0747. The highest BCUT2D eigenvalue weighted by atomic mass is 35.5. The van der Waals surface area contributed by atoms with E-state index in [9.17, 15) is 9.59 Å². The van der Waals surface area contributed by atoms with Crippen molar-refractivity contribution in [3.8, 4) is 0 Å². The number of pyridine rings is 1. The zero-order valence-electron chi connectivity index (χ0n) is 16.6. The number of aromatic nitrogens is 3. The van der Waals surface area contributed by atoms with Crippen LogP contribution in [0.1, 0.15) is 31.0 Å². The van der Waals surface area contributed by atoms with Gasteiger partial charge in [-0.15, -0.1) is 11.6 Å². The van der Waals surface area contributed by atoms with Crippen LogP contribution in [-0.4, -0.2) is 50.2 Å². The smallest absolute Gasteiger partial charge is 0.237 e. The summed E-state index contributed by atoms with van der Waals surface area (Å²) < 4.78 is 2.12. The van der Waals surface area contributed by atoms with Gasteiger partial charge < -0.3 is 14.8 Å². The van der Waals surface area contributed by atoms with Gasteiger partial charge in [0.05, 0.1) is 22.9 Å². The second-order valence-electron chi connectivity index (χ2n) is 7.46. The molecule has 8 heteroatoms. The molecule has 2 amide bonds. The first-order chi connectivity index (χ1) is 14.7. The van der Waals surface area contributed by atoms with Crippen LogP contribution in [0.2, 0.25) is 0 Å². The second kappa shape index (κ2) is 9.26. The predicted octanol–water partition coefficient (Wildman–Crippen LogP) is 3.40. The number of fused-ring (bicyclic) bond motifs is 1. The van der Waals surface area contributed by atoms with Crippen molar-refractivity contribution in [1.82, 2.24) is 19.4 Å². The Morgan fingerprint density at radius 2 is 2.07 bits per heavy atom. The molecule has 3 aromatic rings. The molecule has 1 aliphatic rings. The van der Waals surface area contributed by atoms with Gasteiger partial charge in [0.2, 0.25) is 11.8 Å². The summed E-state index contributed by atoms with van der Waals surface area (Å²) in [7, 11) is 0. The largest absolute Gasteiger partial charge is 0.341 e. The monoisotopic (exact) mass is 425 g/mol. The molecular weight excluding hydrogens is 402 g/mol. The number of likely N-dealkylation sites (tertiary alicyclic amines) is 1. The molecule has 1 saturated heterocycles. The Hall–Kier alpha value is -2.93. The average molecular weight is 426 g/mol. The summed E-state index contributed by atoms with van der Waals surface area (Å²) in [6, 6.07) is 11.5. The fourth-order valence-electron chi connectivity index (χ4n) is 4.01. The van der Waals surface area contributed by atoms with Crippen molar-refractivity contribution in [2.75, 3.05) is 24.3 Å². The van der Waals surface area contributed by atoms with E-state index >= 15 is 0 Å². The summed E-state index contributed by atoms with van der Waals surface area (Å²) in [5.74, 6) is 0.934. The Kier molecular flexibility index (Phi) is 6.28. The van der Waals surface area contributed by atoms with Crippen LogP contribution in [0.15, 0.2) is 48.8 Å². The van der Waals surface area contributed by atoms with Gasteiger partial charge in [0.25, 0.3) is 0 Å². The van der Waals surface area contributed by atoms with Crippen LogP contribution in [0, 0.1) is 0 Å². The quantitative estimate of drug-likeness (QED) is 0.614. The molecule has 1 N–H and O–H groups in total. The lowest BCUT2D eigenvalue weighted by atomic mass is 9.97. The molecule has 2 aromatic heterocycles. The van der Waals surface area contributed by atoms with Crippen molar-refractivity contribution in [3.05, 3.63) is 54.6 Å². The highest BCUT2D eigenvalue weighted by Crippen LogP contribution is 2.29. The van der Waals surface area contributed by atoms with E-state index < -0.39 is 0 Å². The number of carbonyl (C=O) groups excluding carboxylic acids is 2. The van der Waals surface area contributed by atoms with E-state index in [0.717, 1.165) is 36.2 Å². The minimum Gasteiger partial charge on any atom is -0.341 e. The van der Waals surface area contributed by atoms with Gasteiger partial charge in [-0.1, -0.05) is 12.1 Å². The molecule has 0 bridgehead atoms. The molecular formula is C22H24ClN5O2. The van der Waals surface area contributed by atoms with Crippen molar-refractivity contribution in [3.63, 3.8) is 0 Å². The SMILES string of the molecule is O=C(CCn1c(C2CCCN(C(=O)CCl)C2)nc2ccccc21)Nc1cccnc1. The van der Waals surface area contributed by atoms with Crippen LogP contribution in [0.5, 0.6) is 0 Å². The Balaban J connectivity index is 1.54. The Bertz CT molecular complexity index is 1040. The molecule has 1 fully saturated rings. The lowest BCUT2D eigenvalue weighted by molar-refractivity contribution is -0.129. The van der Waals surface area contributed by atoms with E-state index in [4.69, 9.17) is 16.6 Å². The number of carbonyl (C=O) groups is 2. The number of halogens is 1. The predicted molar refractivity (Wildman–Crippen MR) is 116 cm³/mol. The summed E-state index contributed by atoms with van der Waals surface area (Å²) in [5.41, 5.74) is 2.59. The molecule has 3 heterocycles. The maximum Gasteiger partial charge on any atom is 0.237 e. The van der Waals surface area contributed by atoms with Crippen molar-refractivity contribution >= 4 is 40.1 Å². The summed E-state index contributed by atoms with van der Waals surface area (Å²) >= 11 is 5.76. The number of rotatable bonds is 6. The molecule has 1 atom stereocenters. The first-order valence-electron chi connectivity index (χ1n) is 10.1. The van der Waals surface area contributed by atoms with Crippen molar-refractivity contribution in [1.29, 1.82) is 0 Å². The molecule has 0 spiro atoms.